The van der Waals surface area contributed by atoms with Crippen molar-refractivity contribution in [2.45, 2.75) is 59.4 Å². The Morgan fingerprint density at radius 2 is 1.21 bits per heavy atom. The van der Waals surface area contributed by atoms with Crippen molar-refractivity contribution in [2.75, 3.05) is 26.2 Å². The average Bonchev–Trinajstić information content (AvgIpc) is 2.92. The minimum atomic E-state index is -3.53. The maximum atomic E-state index is 13.1. The van der Waals surface area contributed by atoms with Crippen LogP contribution in [0.4, 0.5) is 0 Å². The molecule has 1 aliphatic rings. The summed E-state index contributed by atoms with van der Waals surface area (Å²) in [5, 5.41) is 4.41. The van der Waals surface area contributed by atoms with Crippen molar-refractivity contribution in [1.29, 1.82) is 0 Å². The van der Waals surface area contributed by atoms with Crippen molar-refractivity contribution in [3.05, 3.63) is 27.8 Å². The van der Waals surface area contributed by atoms with Crippen LogP contribution in [0.2, 0.25) is 0 Å². The molecule has 1 aromatic rings. The molecule has 1 fully saturated rings. The molecule has 1 heterocycles. The summed E-state index contributed by atoms with van der Waals surface area (Å²) in [5.74, 6) is 0. The second-order valence-electron chi connectivity index (χ2n) is 6.78. The minimum Gasteiger partial charge on any atom is -0.240 e. The minimum absolute atomic E-state index is 0.0735. The Kier molecular flexibility index (Phi) is 5.75. The van der Waals surface area contributed by atoms with E-state index in [4.69, 9.17) is 0 Å². The van der Waals surface area contributed by atoms with Crippen molar-refractivity contribution in [2.24, 2.45) is 0 Å². The lowest BCUT2D eigenvalue weighted by atomic mass is 9.95. The fraction of sp³-hybridized carbons (Fsp3) is 0.667. The van der Waals surface area contributed by atoms with Gasteiger partial charge >= 0.3 is 0 Å². The molecule has 1 N–H and O–H groups in total. The summed E-state index contributed by atoms with van der Waals surface area (Å²) in [5.41, 5.74) is 5.03. The molecule has 1 saturated heterocycles. The summed E-state index contributed by atoms with van der Waals surface area (Å²) < 4.78 is 29.1. The van der Waals surface area contributed by atoms with Gasteiger partial charge in [0, 0.05) is 26.2 Å². The SMILES string of the molecule is CCN1CC(NS(=O)(=O)c2c(C)c(C)c(C)c(C)c2C)CN1CC. The Balaban J connectivity index is 2.36. The molecule has 136 valence electrons. The third kappa shape index (κ3) is 3.38. The van der Waals surface area contributed by atoms with Crippen LogP contribution in [0.25, 0.3) is 0 Å². The molecule has 0 radical (unpaired) electrons. The third-order valence-corrected chi connectivity index (χ3v) is 7.31. The van der Waals surface area contributed by atoms with Crippen molar-refractivity contribution in [3.8, 4) is 0 Å². The van der Waals surface area contributed by atoms with Crippen molar-refractivity contribution in [1.82, 2.24) is 14.7 Å². The number of nitrogens with one attached hydrogen (secondary N) is 1. The van der Waals surface area contributed by atoms with E-state index in [1.807, 2.05) is 27.7 Å². The lowest BCUT2D eigenvalue weighted by molar-refractivity contribution is 0.0388. The van der Waals surface area contributed by atoms with Gasteiger partial charge in [-0.25, -0.2) is 23.2 Å². The number of hydrazine groups is 1. The van der Waals surface area contributed by atoms with Gasteiger partial charge in [-0.1, -0.05) is 13.8 Å². The van der Waals surface area contributed by atoms with Crippen molar-refractivity contribution in [3.63, 3.8) is 0 Å². The van der Waals surface area contributed by atoms with Crippen LogP contribution in [0.3, 0.4) is 0 Å². The van der Waals surface area contributed by atoms with Gasteiger partial charge in [0.2, 0.25) is 10.0 Å². The zero-order valence-electron chi connectivity index (χ0n) is 16.0. The zero-order chi connectivity index (χ0) is 18.2. The molecule has 0 aliphatic carbocycles. The number of hydrogen-bond acceptors (Lipinski definition) is 4. The fourth-order valence-electron chi connectivity index (χ4n) is 3.68. The number of benzene rings is 1. The predicted octanol–water partition coefficient (Wildman–Crippen LogP) is 2.45. The molecule has 0 spiro atoms. The molecule has 0 amide bonds. The molecule has 6 heteroatoms. The standard InChI is InChI=1S/C18H31N3O2S/c1-8-20-10-17(11-21(20)9-2)19-24(22,23)18-15(6)13(4)12(3)14(5)16(18)7/h17,19H,8-11H2,1-7H3. The van der Waals surface area contributed by atoms with Crippen LogP contribution in [0.5, 0.6) is 0 Å². The Labute approximate surface area is 147 Å². The second-order valence-corrected chi connectivity index (χ2v) is 8.43. The van der Waals surface area contributed by atoms with Gasteiger partial charge in [-0.3, -0.25) is 0 Å². The van der Waals surface area contributed by atoms with E-state index in [1.54, 1.807) is 0 Å². The quantitative estimate of drug-likeness (QED) is 0.883. The van der Waals surface area contributed by atoms with Crippen molar-refractivity contribution < 1.29 is 8.42 Å². The molecule has 0 unspecified atom stereocenters. The van der Waals surface area contributed by atoms with E-state index in [0.29, 0.717) is 4.90 Å². The molecule has 5 nitrogen and oxygen atoms in total. The monoisotopic (exact) mass is 353 g/mol. The first-order valence-electron chi connectivity index (χ1n) is 8.73. The van der Waals surface area contributed by atoms with Crippen LogP contribution < -0.4 is 4.72 Å². The molecule has 1 aliphatic heterocycles. The van der Waals surface area contributed by atoms with Gasteiger partial charge in [0.1, 0.15) is 0 Å². The van der Waals surface area contributed by atoms with E-state index in [1.165, 1.54) is 5.56 Å². The summed E-state index contributed by atoms with van der Waals surface area (Å²) in [4.78, 5) is 0.459. The Hall–Kier alpha value is -0.950. The summed E-state index contributed by atoms with van der Waals surface area (Å²) in [6.45, 7) is 17.3. The first-order valence-corrected chi connectivity index (χ1v) is 10.2. The fourth-order valence-corrected chi connectivity index (χ4v) is 5.50. The van der Waals surface area contributed by atoms with Crippen LogP contribution in [0, 0.1) is 34.6 Å². The van der Waals surface area contributed by atoms with Crippen LogP contribution in [-0.2, 0) is 10.0 Å². The van der Waals surface area contributed by atoms with E-state index in [0.717, 1.165) is 48.4 Å². The molecule has 2 rings (SSSR count). The van der Waals surface area contributed by atoms with E-state index in [-0.39, 0.29) is 6.04 Å². The van der Waals surface area contributed by atoms with E-state index in [9.17, 15) is 8.42 Å². The summed E-state index contributed by atoms with van der Waals surface area (Å²) in [6, 6.07) is -0.0735. The lowest BCUT2D eigenvalue weighted by Gasteiger charge is -2.24. The van der Waals surface area contributed by atoms with Gasteiger partial charge in [-0.15, -0.1) is 0 Å². The predicted molar refractivity (Wildman–Crippen MR) is 98.7 cm³/mol. The smallest absolute Gasteiger partial charge is 0.240 e. The normalized spacial score (nSPS) is 17.8. The molecular formula is C18H31N3O2S. The lowest BCUT2D eigenvalue weighted by Crippen LogP contribution is -2.39. The average molecular weight is 354 g/mol. The highest BCUT2D eigenvalue weighted by molar-refractivity contribution is 7.89. The number of nitrogens with zero attached hydrogens (tertiary/aromatic N) is 2. The Morgan fingerprint density at radius 1 is 0.833 bits per heavy atom. The Morgan fingerprint density at radius 3 is 1.58 bits per heavy atom. The number of sulfonamides is 1. The van der Waals surface area contributed by atoms with Crippen LogP contribution in [0.15, 0.2) is 4.90 Å². The number of hydrogen-bond donors (Lipinski definition) is 1. The highest BCUT2D eigenvalue weighted by Gasteiger charge is 2.33. The zero-order valence-corrected chi connectivity index (χ0v) is 16.8. The third-order valence-electron chi connectivity index (χ3n) is 5.51. The highest BCUT2D eigenvalue weighted by atomic mass is 32.2. The summed E-state index contributed by atoms with van der Waals surface area (Å²) in [7, 11) is -3.53. The second kappa shape index (κ2) is 7.12. The first-order chi connectivity index (χ1) is 11.1. The maximum Gasteiger partial charge on any atom is 0.241 e. The summed E-state index contributed by atoms with van der Waals surface area (Å²) in [6.07, 6.45) is 0. The number of rotatable bonds is 5. The van der Waals surface area contributed by atoms with Gasteiger partial charge in [0.15, 0.2) is 0 Å². The van der Waals surface area contributed by atoms with Gasteiger partial charge in [-0.05, 0) is 62.4 Å². The molecule has 1 aromatic carbocycles. The summed E-state index contributed by atoms with van der Waals surface area (Å²) >= 11 is 0. The molecule has 0 bridgehead atoms. The van der Waals surface area contributed by atoms with Gasteiger partial charge in [0.25, 0.3) is 0 Å². The van der Waals surface area contributed by atoms with Crippen LogP contribution >= 0.6 is 0 Å². The largest absolute Gasteiger partial charge is 0.241 e. The van der Waals surface area contributed by atoms with E-state index < -0.39 is 10.0 Å². The molecule has 0 atom stereocenters. The number of likely N-dealkylation sites (N-methyl/N-ethyl adjacent to an activating group) is 2. The molecular weight excluding hydrogens is 322 g/mol. The van der Waals surface area contributed by atoms with E-state index in [2.05, 4.69) is 35.5 Å². The van der Waals surface area contributed by atoms with Crippen LogP contribution in [-0.4, -0.2) is 50.7 Å². The maximum absolute atomic E-state index is 13.1. The van der Waals surface area contributed by atoms with Gasteiger partial charge in [0.05, 0.1) is 10.9 Å². The van der Waals surface area contributed by atoms with Gasteiger partial charge in [-0.2, -0.15) is 0 Å². The highest BCUT2D eigenvalue weighted by Crippen LogP contribution is 2.29. The Bertz CT molecular complexity index is 687. The van der Waals surface area contributed by atoms with Gasteiger partial charge < -0.3 is 0 Å². The van der Waals surface area contributed by atoms with Crippen LogP contribution in [0.1, 0.15) is 41.7 Å². The molecule has 0 aromatic heterocycles. The first kappa shape index (κ1) is 19.4. The van der Waals surface area contributed by atoms with E-state index >= 15 is 0 Å². The molecule has 0 saturated carbocycles. The topological polar surface area (TPSA) is 52.7 Å². The van der Waals surface area contributed by atoms with Crippen molar-refractivity contribution >= 4 is 10.0 Å². The molecule has 24 heavy (non-hydrogen) atoms.